The van der Waals surface area contributed by atoms with Crippen molar-refractivity contribution in [1.29, 1.82) is 0 Å². The Bertz CT molecular complexity index is 408. The molecule has 1 aromatic heterocycles. The quantitative estimate of drug-likeness (QED) is 0.608. The lowest BCUT2D eigenvalue weighted by molar-refractivity contribution is 1.02. The van der Waals surface area contributed by atoms with Gasteiger partial charge >= 0.3 is 0 Å². The number of H-pyrrole nitrogens is 1. The zero-order chi connectivity index (χ0) is 9.42. The molecule has 5 N–H and O–H groups in total. The van der Waals surface area contributed by atoms with Gasteiger partial charge in [0.15, 0.2) is 0 Å². The lowest BCUT2D eigenvalue weighted by Crippen LogP contribution is -1.94. The van der Waals surface area contributed by atoms with Crippen LogP contribution in [0.5, 0.6) is 0 Å². The molecule has 0 fully saturated rings. The zero-order valence-electron chi connectivity index (χ0n) is 6.97. The topological polar surface area (TPSA) is 67.8 Å². The molecule has 0 atom stereocenters. The van der Waals surface area contributed by atoms with Gasteiger partial charge in [0.2, 0.25) is 0 Å². The molecule has 0 radical (unpaired) electrons. The second-order valence-corrected chi connectivity index (χ2v) is 3.37. The van der Waals surface area contributed by atoms with Gasteiger partial charge in [-0.2, -0.15) is 0 Å². The summed E-state index contributed by atoms with van der Waals surface area (Å²) in [6.07, 6.45) is 0. The van der Waals surface area contributed by atoms with Crippen molar-refractivity contribution in [3.63, 3.8) is 0 Å². The summed E-state index contributed by atoms with van der Waals surface area (Å²) >= 11 is 5.86. The largest absolute Gasteiger partial charge is 0.398 e. The Kier molecular flexibility index (Phi) is 1.90. The number of fused-ring (bicyclic) bond motifs is 1. The van der Waals surface area contributed by atoms with Crippen molar-refractivity contribution >= 4 is 28.2 Å². The minimum Gasteiger partial charge on any atom is -0.398 e. The van der Waals surface area contributed by atoms with Gasteiger partial charge in [-0.15, -0.1) is 0 Å². The maximum absolute atomic E-state index is 5.86. The van der Waals surface area contributed by atoms with Gasteiger partial charge in [-0.1, -0.05) is 11.6 Å². The van der Waals surface area contributed by atoms with Crippen LogP contribution in [0.2, 0.25) is 5.02 Å². The highest BCUT2D eigenvalue weighted by Crippen LogP contribution is 2.25. The van der Waals surface area contributed by atoms with Crippen LogP contribution in [0, 0.1) is 0 Å². The van der Waals surface area contributed by atoms with Crippen LogP contribution in [-0.2, 0) is 6.54 Å². The minimum absolute atomic E-state index is 0.492. The Labute approximate surface area is 80.7 Å². The van der Waals surface area contributed by atoms with Crippen LogP contribution in [0.1, 0.15) is 5.69 Å². The van der Waals surface area contributed by atoms with Crippen molar-refractivity contribution < 1.29 is 0 Å². The number of anilines is 1. The predicted molar refractivity (Wildman–Crippen MR) is 55.6 cm³/mol. The summed E-state index contributed by atoms with van der Waals surface area (Å²) in [4.78, 5) is 3.15. The fourth-order valence-corrected chi connectivity index (χ4v) is 1.51. The van der Waals surface area contributed by atoms with Crippen molar-refractivity contribution in [3.8, 4) is 0 Å². The van der Waals surface area contributed by atoms with Crippen LogP contribution in [0.25, 0.3) is 10.9 Å². The van der Waals surface area contributed by atoms with E-state index < -0.39 is 0 Å². The molecule has 0 aliphatic carbocycles. The summed E-state index contributed by atoms with van der Waals surface area (Å²) in [5.74, 6) is 0. The van der Waals surface area contributed by atoms with Gasteiger partial charge in [-0.05, 0) is 18.2 Å². The Hall–Kier alpha value is -1.19. The van der Waals surface area contributed by atoms with E-state index in [9.17, 15) is 0 Å². The van der Waals surface area contributed by atoms with E-state index in [0.29, 0.717) is 17.3 Å². The summed E-state index contributed by atoms with van der Waals surface area (Å²) in [6.45, 7) is 0.492. The summed E-state index contributed by atoms with van der Waals surface area (Å²) in [7, 11) is 0. The molecular formula is C9H10ClN3. The SMILES string of the molecule is NCc1cc2cc(N)c(Cl)cc2[nH]1. The molecule has 0 aliphatic heterocycles. The second kappa shape index (κ2) is 2.94. The van der Waals surface area contributed by atoms with E-state index in [2.05, 4.69) is 4.98 Å². The monoisotopic (exact) mass is 195 g/mol. The number of nitrogens with one attached hydrogen (secondary N) is 1. The van der Waals surface area contributed by atoms with Crippen LogP contribution >= 0.6 is 11.6 Å². The molecule has 3 nitrogen and oxygen atoms in total. The molecule has 68 valence electrons. The third-order valence-electron chi connectivity index (χ3n) is 2.01. The molecule has 0 aliphatic rings. The number of aromatic nitrogens is 1. The van der Waals surface area contributed by atoms with Crippen LogP contribution in [-0.4, -0.2) is 4.98 Å². The Morgan fingerprint density at radius 3 is 2.77 bits per heavy atom. The van der Waals surface area contributed by atoms with E-state index in [4.69, 9.17) is 23.1 Å². The number of hydrogen-bond acceptors (Lipinski definition) is 2. The molecule has 4 heteroatoms. The van der Waals surface area contributed by atoms with Gasteiger partial charge in [0.1, 0.15) is 0 Å². The first kappa shape index (κ1) is 8.41. The normalized spacial score (nSPS) is 10.9. The van der Waals surface area contributed by atoms with Gasteiger partial charge in [-0.25, -0.2) is 0 Å². The van der Waals surface area contributed by atoms with Gasteiger partial charge in [0, 0.05) is 23.1 Å². The third-order valence-corrected chi connectivity index (χ3v) is 2.34. The molecular weight excluding hydrogens is 186 g/mol. The van der Waals surface area contributed by atoms with E-state index in [-0.39, 0.29) is 0 Å². The summed E-state index contributed by atoms with van der Waals surface area (Å²) in [5.41, 5.74) is 13.7. The molecule has 1 aromatic carbocycles. The van der Waals surface area contributed by atoms with E-state index in [0.717, 1.165) is 16.6 Å². The first-order valence-corrected chi connectivity index (χ1v) is 4.35. The van der Waals surface area contributed by atoms with Crippen LogP contribution in [0.3, 0.4) is 0 Å². The summed E-state index contributed by atoms with van der Waals surface area (Å²) in [6, 6.07) is 5.63. The molecule has 0 bridgehead atoms. The van der Waals surface area contributed by atoms with E-state index in [1.807, 2.05) is 18.2 Å². The molecule has 1 heterocycles. The van der Waals surface area contributed by atoms with Crippen LogP contribution < -0.4 is 11.5 Å². The lowest BCUT2D eigenvalue weighted by atomic mass is 10.2. The van der Waals surface area contributed by atoms with Gasteiger partial charge in [0.05, 0.1) is 10.7 Å². The van der Waals surface area contributed by atoms with Gasteiger partial charge in [-0.3, -0.25) is 0 Å². The fraction of sp³-hybridized carbons (Fsp3) is 0.111. The van der Waals surface area contributed by atoms with E-state index in [1.54, 1.807) is 0 Å². The van der Waals surface area contributed by atoms with Crippen molar-refractivity contribution in [2.45, 2.75) is 6.54 Å². The number of nitrogens with two attached hydrogens (primary N) is 2. The van der Waals surface area contributed by atoms with Crippen LogP contribution in [0.15, 0.2) is 18.2 Å². The van der Waals surface area contributed by atoms with Gasteiger partial charge in [0.25, 0.3) is 0 Å². The van der Waals surface area contributed by atoms with E-state index in [1.165, 1.54) is 0 Å². The molecule has 2 rings (SSSR count). The van der Waals surface area contributed by atoms with Crippen molar-refractivity contribution in [2.75, 3.05) is 5.73 Å². The maximum Gasteiger partial charge on any atom is 0.0656 e. The highest BCUT2D eigenvalue weighted by Gasteiger charge is 2.02. The number of aromatic amines is 1. The van der Waals surface area contributed by atoms with E-state index >= 15 is 0 Å². The zero-order valence-corrected chi connectivity index (χ0v) is 7.73. The maximum atomic E-state index is 5.86. The Morgan fingerprint density at radius 1 is 1.31 bits per heavy atom. The highest BCUT2D eigenvalue weighted by atomic mass is 35.5. The highest BCUT2D eigenvalue weighted by molar-refractivity contribution is 6.33. The molecule has 0 saturated carbocycles. The summed E-state index contributed by atoms with van der Waals surface area (Å²) in [5, 5.41) is 1.61. The molecule has 0 spiro atoms. The number of halogens is 1. The average molecular weight is 196 g/mol. The molecule has 13 heavy (non-hydrogen) atoms. The van der Waals surface area contributed by atoms with Crippen molar-refractivity contribution in [2.24, 2.45) is 5.73 Å². The first-order valence-electron chi connectivity index (χ1n) is 3.97. The first-order chi connectivity index (χ1) is 6.20. The lowest BCUT2D eigenvalue weighted by Gasteiger charge is -1.96. The minimum atomic E-state index is 0.492. The third kappa shape index (κ3) is 1.36. The average Bonchev–Trinajstić information content (AvgIpc) is 2.48. The smallest absolute Gasteiger partial charge is 0.0656 e. The number of benzene rings is 1. The molecule has 2 aromatic rings. The number of rotatable bonds is 1. The molecule has 0 unspecified atom stereocenters. The molecule has 0 amide bonds. The standard InChI is InChI=1S/C9H10ClN3/c10-7-3-9-5(2-8(7)12)1-6(4-11)13-9/h1-3,13H,4,11-12H2. The Balaban J connectivity index is 2.70. The molecule has 0 saturated heterocycles. The Morgan fingerprint density at radius 2 is 2.08 bits per heavy atom. The van der Waals surface area contributed by atoms with Crippen LogP contribution in [0.4, 0.5) is 5.69 Å². The summed E-state index contributed by atoms with van der Waals surface area (Å²) < 4.78 is 0. The number of hydrogen-bond donors (Lipinski definition) is 3. The second-order valence-electron chi connectivity index (χ2n) is 2.96. The number of nitrogen functional groups attached to an aromatic ring is 1. The van der Waals surface area contributed by atoms with Crippen molar-refractivity contribution in [1.82, 2.24) is 4.98 Å². The van der Waals surface area contributed by atoms with Crippen molar-refractivity contribution in [3.05, 3.63) is 28.9 Å². The predicted octanol–water partition coefficient (Wildman–Crippen LogP) is 1.86. The van der Waals surface area contributed by atoms with Gasteiger partial charge < -0.3 is 16.5 Å². The fourth-order valence-electron chi connectivity index (χ4n) is 1.34.